The average molecular weight is 496 g/mol. The number of aliphatic imine (C=N–C) groups is 1. The molecule has 4 rings (SSSR count). The summed E-state index contributed by atoms with van der Waals surface area (Å²) in [5.41, 5.74) is 10.8. The lowest BCUT2D eigenvalue weighted by Crippen LogP contribution is -2.37. The maximum atomic E-state index is 9.09. The molecule has 1 heterocycles. The molecule has 0 unspecified atom stereocenters. The Morgan fingerprint density at radius 2 is 1.81 bits per heavy atom. The third-order valence-electron chi connectivity index (χ3n) is 8.03. The van der Waals surface area contributed by atoms with Gasteiger partial charge in [-0.25, -0.2) is 0 Å². The molecule has 186 valence electrons. The molecule has 0 atom stereocenters. The first-order valence-corrected chi connectivity index (χ1v) is 13.8. The van der Waals surface area contributed by atoms with Crippen LogP contribution in [-0.2, 0) is 0 Å². The molecule has 0 bridgehead atoms. The van der Waals surface area contributed by atoms with Crippen LogP contribution in [-0.4, -0.2) is 36.2 Å². The molecule has 0 amide bonds. The molecular weight excluding hydrogens is 457 g/mol. The Hall–Kier alpha value is -2.79. The zero-order valence-electron chi connectivity index (χ0n) is 22.0. The monoisotopic (exact) mass is 495 g/mol. The molecular formula is C32H38N3P. The highest BCUT2D eigenvalue weighted by Crippen LogP contribution is 2.40. The maximum Gasteiger partial charge on any atom is 0.0991 e. The summed E-state index contributed by atoms with van der Waals surface area (Å²) in [5.74, 6) is 1.18. The van der Waals surface area contributed by atoms with E-state index in [-0.39, 0.29) is 0 Å². The van der Waals surface area contributed by atoms with Crippen molar-refractivity contribution in [1.82, 2.24) is 4.90 Å². The van der Waals surface area contributed by atoms with Crippen molar-refractivity contribution < 1.29 is 0 Å². The molecule has 2 aromatic carbocycles. The van der Waals surface area contributed by atoms with Crippen LogP contribution in [0.4, 0.5) is 0 Å². The fourth-order valence-electron chi connectivity index (χ4n) is 5.44. The number of likely N-dealkylation sites (tertiary alicyclic amines) is 1. The Labute approximate surface area is 219 Å². The van der Waals surface area contributed by atoms with E-state index in [0.717, 1.165) is 43.6 Å². The van der Waals surface area contributed by atoms with Crippen LogP contribution in [0.25, 0.3) is 0 Å². The number of piperidine rings is 1. The summed E-state index contributed by atoms with van der Waals surface area (Å²) in [6.07, 6.45) is 11.2. The SMILES string of the molecule is C=C/C(=C\C(=N/C)c1cc(C(=P)N2CCC(c3ccc(C#N)cc3)CC2)c(C)cc1C1CCC1)CC. The van der Waals surface area contributed by atoms with Gasteiger partial charge >= 0.3 is 0 Å². The van der Waals surface area contributed by atoms with Gasteiger partial charge in [-0.05, 0) is 97.4 Å². The summed E-state index contributed by atoms with van der Waals surface area (Å²) in [5, 5.41) is 9.09. The number of nitriles is 1. The number of hydrogen-bond acceptors (Lipinski definition) is 2. The molecule has 3 nitrogen and oxygen atoms in total. The topological polar surface area (TPSA) is 39.4 Å². The lowest BCUT2D eigenvalue weighted by molar-refractivity contribution is 0.317. The third-order valence-corrected chi connectivity index (χ3v) is 8.61. The van der Waals surface area contributed by atoms with Crippen LogP contribution in [0.2, 0.25) is 0 Å². The lowest BCUT2D eigenvalue weighted by Gasteiger charge is -2.34. The smallest absolute Gasteiger partial charge is 0.0991 e. The molecule has 2 aliphatic rings. The van der Waals surface area contributed by atoms with Gasteiger partial charge in [0.15, 0.2) is 0 Å². The Morgan fingerprint density at radius 1 is 1.11 bits per heavy atom. The lowest BCUT2D eigenvalue weighted by atomic mass is 9.76. The number of aryl methyl sites for hydroxylation is 1. The highest BCUT2D eigenvalue weighted by atomic mass is 31.0. The second-order valence-corrected chi connectivity index (χ2v) is 10.6. The van der Waals surface area contributed by atoms with Gasteiger partial charge in [-0.1, -0.05) is 44.2 Å². The van der Waals surface area contributed by atoms with E-state index in [4.69, 9.17) is 10.3 Å². The minimum absolute atomic E-state index is 0.543. The van der Waals surface area contributed by atoms with Gasteiger partial charge in [-0.15, -0.1) is 8.86 Å². The first-order valence-electron chi connectivity index (χ1n) is 13.3. The molecule has 1 saturated carbocycles. The first-order chi connectivity index (χ1) is 17.5. The van der Waals surface area contributed by atoms with E-state index in [2.05, 4.69) is 70.6 Å². The van der Waals surface area contributed by atoms with Crippen LogP contribution >= 0.6 is 8.86 Å². The van der Waals surface area contributed by atoms with Gasteiger partial charge in [0, 0.05) is 36.7 Å². The van der Waals surface area contributed by atoms with Crippen LogP contribution in [0, 0.1) is 18.3 Å². The summed E-state index contributed by atoms with van der Waals surface area (Å²) < 4.78 is 0. The largest absolute Gasteiger partial charge is 0.288 e. The first kappa shape index (κ1) is 26.3. The van der Waals surface area contributed by atoms with E-state index >= 15 is 0 Å². The van der Waals surface area contributed by atoms with Crippen LogP contribution in [0.3, 0.4) is 0 Å². The molecule has 1 saturated heterocycles. The van der Waals surface area contributed by atoms with Crippen LogP contribution < -0.4 is 0 Å². The zero-order valence-corrected chi connectivity index (χ0v) is 23.0. The standard InChI is InChI=1S/C32H38N3P/c1-5-23(6-2)19-31(34-4)30-20-28(22(3)18-29(30)27-8-7-9-27)32(36)35-16-14-26(15-17-35)25-12-10-24(21-33)11-13-25/h5,10-13,18-20,26-27,36H,1,6-9,14-17H2,2-4H3/b23-19+,34-31+. The molecule has 2 aromatic rings. The molecule has 0 N–H and O–H groups in total. The predicted molar refractivity (Wildman–Crippen MR) is 156 cm³/mol. The van der Waals surface area contributed by atoms with Gasteiger partial charge in [0.25, 0.3) is 0 Å². The fraction of sp³-hybridized carbons (Fsp3) is 0.406. The van der Waals surface area contributed by atoms with Gasteiger partial charge < -0.3 is 0 Å². The predicted octanol–water partition coefficient (Wildman–Crippen LogP) is 7.58. The van der Waals surface area contributed by atoms with Gasteiger partial charge in [-0.2, -0.15) is 5.26 Å². The van der Waals surface area contributed by atoms with Crippen molar-refractivity contribution in [2.45, 2.75) is 64.2 Å². The van der Waals surface area contributed by atoms with Gasteiger partial charge in [0.1, 0.15) is 0 Å². The van der Waals surface area contributed by atoms with Gasteiger partial charge in [0.2, 0.25) is 0 Å². The Kier molecular flexibility index (Phi) is 8.73. The Bertz CT molecular complexity index is 1220. The molecule has 36 heavy (non-hydrogen) atoms. The van der Waals surface area contributed by atoms with Crippen LogP contribution in [0.1, 0.15) is 90.7 Å². The second-order valence-electron chi connectivity index (χ2n) is 10.1. The van der Waals surface area contributed by atoms with Gasteiger partial charge in [0.05, 0.1) is 17.3 Å². The van der Waals surface area contributed by atoms with E-state index in [9.17, 15) is 0 Å². The maximum absolute atomic E-state index is 9.09. The minimum Gasteiger partial charge on any atom is -0.288 e. The van der Waals surface area contributed by atoms with Crippen LogP contribution in [0.15, 0.2) is 65.7 Å². The zero-order chi connectivity index (χ0) is 25.7. The van der Waals surface area contributed by atoms with Crippen molar-refractivity contribution in [3.63, 3.8) is 0 Å². The van der Waals surface area contributed by atoms with E-state index in [1.807, 2.05) is 25.3 Å². The van der Waals surface area contributed by atoms with Crippen molar-refractivity contribution in [2.75, 3.05) is 20.1 Å². The van der Waals surface area contributed by atoms with E-state index in [1.54, 1.807) is 0 Å². The van der Waals surface area contributed by atoms with Crippen molar-refractivity contribution in [2.24, 2.45) is 4.99 Å². The molecule has 4 heteroatoms. The molecule has 0 aromatic heterocycles. The van der Waals surface area contributed by atoms with Crippen molar-refractivity contribution in [1.29, 1.82) is 5.26 Å². The molecule has 2 fully saturated rings. The number of allylic oxidation sites excluding steroid dienone is 3. The van der Waals surface area contributed by atoms with Crippen molar-refractivity contribution in [3.8, 4) is 6.07 Å². The second kappa shape index (κ2) is 12.0. The summed E-state index contributed by atoms with van der Waals surface area (Å²) in [6.45, 7) is 10.4. The molecule has 0 spiro atoms. The quantitative estimate of drug-likeness (QED) is 0.215. The van der Waals surface area contributed by atoms with Crippen LogP contribution in [0.5, 0.6) is 0 Å². The summed E-state index contributed by atoms with van der Waals surface area (Å²) >= 11 is 0. The third kappa shape index (κ3) is 5.62. The number of benzene rings is 2. The normalized spacial score (nSPS) is 17.9. The van der Waals surface area contributed by atoms with Gasteiger partial charge in [-0.3, -0.25) is 9.89 Å². The van der Waals surface area contributed by atoms with Crippen molar-refractivity contribution in [3.05, 3.63) is 94.1 Å². The summed E-state index contributed by atoms with van der Waals surface area (Å²) in [4.78, 5) is 7.21. The van der Waals surface area contributed by atoms with Crippen molar-refractivity contribution >= 4 is 20.0 Å². The molecule has 1 aliphatic carbocycles. The molecule has 1 aliphatic heterocycles. The molecule has 0 radical (unpaired) electrons. The highest BCUT2D eigenvalue weighted by molar-refractivity contribution is 7.21. The fourth-order valence-corrected chi connectivity index (χ4v) is 5.94. The minimum atomic E-state index is 0.543. The number of nitrogens with zero attached hydrogens (tertiary/aromatic N) is 3. The average Bonchev–Trinajstić information content (AvgIpc) is 2.89. The highest BCUT2D eigenvalue weighted by Gasteiger charge is 2.27. The summed E-state index contributed by atoms with van der Waals surface area (Å²) in [7, 11) is 5.97. The van der Waals surface area contributed by atoms with E-state index in [0.29, 0.717) is 11.8 Å². The Morgan fingerprint density at radius 3 is 2.33 bits per heavy atom. The summed E-state index contributed by atoms with van der Waals surface area (Å²) in [6, 6.07) is 15.1. The van der Waals surface area contributed by atoms with E-state index < -0.39 is 0 Å². The number of hydrogen-bond donors (Lipinski definition) is 0. The Balaban J connectivity index is 1.58. The number of rotatable bonds is 8. The van der Waals surface area contributed by atoms with E-state index in [1.165, 1.54) is 58.1 Å².